The molecular weight excluding hydrogens is 350 g/mol. The highest BCUT2D eigenvalue weighted by Gasteiger charge is 2.30. The summed E-state index contributed by atoms with van der Waals surface area (Å²) >= 11 is 0. The van der Waals surface area contributed by atoms with E-state index >= 15 is 0 Å². The first-order chi connectivity index (χ1) is 12.1. The van der Waals surface area contributed by atoms with E-state index in [9.17, 15) is 24.0 Å². The number of nitrogens with two attached hydrogens (primary N) is 3. The summed E-state index contributed by atoms with van der Waals surface area (Å²) in [4.78, 5) is 56.9. The molecule has 0 bridgehead atoms. The number of amides is 3. The molecule has 0 spiro atoms. The standard InChI is InChI=1S/C14H25N5O7/c15-4-2-1-3-7(16)12(23)18-8(5-10(17)20)13(24)19-9(14(25)26)6-11(21)22/h7-9H,1-6,15-16H2,(H2,17,20)(H,18,23)(H,19,24)(H,21,22)(H,25,26). The zero-order valence-corrected chi connectivity index (χ0v) is 14.1. The summed E-state index contributed by atoms with van der Waals surface area (Å²) in [6.45, 7) is 0.432. The van der Waals surface area contributed by atoms with E-state index in [1.54, 1.807) is 0 Å². The highest BCUT2D eigenvalue weighted by atomic mass is 16.4. The topological polar surface area (TPSA) is 228 Å². The van der Waals surface area contributed by atoms with Crippen molar-refractivity contribution < 1.29 is 34.2 Å². The largest absolute Gasteiger partial charge is 0.481 e. The van der Waals surface area contributed by atoms with Crippen LogP contribution in [0.2, 0.25) is 0 Å². The lowest BCUT2D eigenvalue weighted by molar-refractivity contribution is -0.147. The van der Waals surface area contributed by atoms with Crippen molar-refractivity contribution in [2.24, 2.45) is 17.2 Å². The summed E-state index contributed by atoms with van der Waals surface area (Å²) in [5.41, 5.74) is 16.0. The molecule has 26 heavy (non-hydrogen) atoms. The Morgan fingerprint density at radius 3 is 1.92 bits per heavy atom. The van der Waals surface area contributed by atoms with Crippen LogP contribution in [0.1, 0.15) is 32.1 Å². The number of nitrogens with one attached hydrogen (secondary N) is 2. The fourth-order valence-corrected chi connectivity index (χ4v) is 1.98. The van der Waals surface area contributed by atoms with Gasteiger partial charge in [-0.3, -0.25) is 19.2 Å². The highest BCUT2D eigenvalue weighted by Crippen LogP contribution is 2.02. The predicted octanol–water partition coefficient (Wildman–Crippen LogP) is -3.15. The first-order valence-electron chi connectivity index (χ1n) is 7.87. The Bertz CT molecular complexity index is 540. The molecule has 0 fully saturated rings. The van der Waals surface area contributed by atoms with Crippen LogP contribution in [-0.4, -0.2) is 64.5 Å². The van der Waals surface area contributed by atoms with E-state index in [1.165, 1.54) is 0 Å². The van der Waals surface area contributed by atoms with Crippen LogP contribution < -0.4 is 27.8 Å². The number of carboxylic acid groups (broad SMARTS) is 2. The Morgan fingerprint density at radius 1 is 0.885 bits per heavy atom. The van der Waals surface area contributed by atoms with Crippen molar-refractivity contribution in [3.8, 4) is 0 Å². The monoisotopic (exact) mass is 375 g/mol. The summed E-state index contributed by atoms with van der Waals surface area (Å²) in [5.74, 6) is -5.74. The summed E-state index contributed by atoms with van der Waals surface area (Å²) in [6.07, 6.45) is 0.0489. The van der Waals surface area contributed by atoms with E-state index in [0.29, 0.717) is 25.8 Å². The molecule has 0 saturated heterocycles. The molecule has 0 aromatic rings. The summed E-state index contributed by atoms with van der Waals surface area (Å²) < 4.78 is 0. The van der Waals surface area contributed by atoms with E-state index in [4.69, 9.17) is 27.4 Å². The van der Waals surface area contributed by atoms with Gasteiger partial charge in [-0.25, -0.2) is 4.79 Å². The van der Waals surface area contributed by atoms with E-state index in [0.717, 1.165) is 0 Å². The second-order valence-corrected chi connectivity index (χ2v) is 5.62. The number of aliphatic carboxylic acids is 2. The molecule has 0 aromatic heterocycles. The third-order valence-electron chi connectivity index (χ3n) is 3.34. The Hall–Kier alpha value is -2.73. The van der Waals surface area contributed by atoms with Crippen LogP contribution in [0.25, 0.3) is 0 Å². The van der Waals surface area contributed by atoms with Crippen LogP contribution >= 0.6 is 0 Å². The molecule has 0 aliphatic heterocycles. The van der Waals surface area contributed by atoms with E-state index in [2.05, 4.69) is 5.32 Å². The quantitative estimate of drug-likeness (QED) is 0.161. The molecule has 0 heterocycles. The van der Waals surface area contributed by atoms with Crippen molar-refractivity contribution in [3.63, 3.8) is 0 Å². The maximum absolute atomic E-state index is 12.1. The third-order valence-corrected chi connectivity index (χ3v) is 3.34. The molecule has 0 aromatic carbocycles. The lowest BCUT2D eigenvalue weighted by Gasteiger charge is -2.21. The molecule has 0 saturated carbocycles. The van der Waals surface area contributed by atoms with Gasteiger partial charge >= 0.3 is 11.9 Å². The van der Waals surface area contributed by atoms with Gasteiger partial charge in [0.15, 0.2) is 0 Å². The van der Waals surface area contributed by atoms with Crippen LogP contribution in [-0.2, 0) is 24.0 Å². The number of primary amides is 1. The maximum atomic E-state index is 12.1. The lowest BCUT2D eigenvalue weighted by Crippen LogP contribution is -2.55. The average molecular weight is 375 g/mol. The molecule has 148 valence electrons. The van der Waals surface area contributed by atoms with Crippen LogP contribution in [0.3, 0.4) is 0 Å². The molecule has 0 aliphatic rings. The number of hydrogen-bond donors (Lipinski definition) is 7. The van der Waals surface area contributed by atoms with Gasteiger partial charge in [-0.15, -0.1) is 0 Å². The molecule has 0 radical (unpaired) electrons. The van der Waals surface area contributed by atoms with Crippen molar-refractivity contribution in [2.75, 3.05) is 6.54 Å². The van der Waals surface area contributed by atoms with Gasteiger partial charge in [-0.1, -0.05) is 6.42 Å². The van der Waals surface area contributed by atoms with Gasteiger partial charge in [-0.05, 0) is 19.4 Å². The van der Waals surface area contributed by atoms with Gasteiger partial charge in [0.1, 0.15) is 12.1 Å². The summed E-state index contributed by atoms with van der Waals surface area (Å²) in [7, 11) is 0. The summed E-state index contributed by atoms with van der Waals surface area (Å²) in [5, 5.41) is 21.8. The fraction of sp³-hybridized carbons (Fsp3) is 0.643. The van der Waals surface area contributed by atoms with Crippen molar-refractivity contribution >= 4 is 29.7 Å². The minimum absolute atomic E-state index is 0.296. The molecule has 0 rings (SSSR count). The zero-order chi connectivity index (χ0) is 20.3. The zero-order valence-electron chi connectivity index (χ0n) is 14.1. The first-order valence-corrected chi connectivity index (χ1v) is 7.87. The molecule has 3 amide bonds. The van der Waals surface area contributed by atoms with Crippen LogP contribution in [0.4, 0.5) is 0 Å². The number of carboxylic acids is 2. The Labute approximate surface area is 149 Å². The average Bonchev–Trinajstić information content (AvgIpc) is 2.52. The van der Waals surface area contributed by atoms with Crippen LogP contribution in [0, 0.1) is 0 Å². The maximum Gasteiger partial charge on any atom is 0.326 e. The van der Waals surface area contributed by atoms with Gasteiger partial charge in [0.25, 0.3) is 0 Å². The molecule has 3 unspecified atom stereocenters. The second-order valence-electron chi connectivity index (χ2n) is 5.62. The van der Waals surface area contributed by atoms with Crippen molar-refractivity contribution in [1.82, 2.24) is 10.6 Å². The van der Waals surface area contributed by atoms with E-state index in [1.807, 2.05) is 5.32 Å². The SMILES string of the molecule is NCCCCC(N)C(=O)NC(CC(N)=O)C(=O)NC(CC(=O)O)C(=O)O. The Kier molecular flexibility index (Phi) is 10.5. The van der Waals surface area contributed by atoms with Crippen molar-refractivity contribution in [3.05, 3.63) is 0 Å². The van der Waals surface area contributed by atoms with Gasteiger partial charge in [0.05, 0.1) is 18.9 Å². The number of carbonyl (C=O) groups excluding carboxylic acids is 3. The second kappa shape index (κ2) is 11.8. The number of rotatable bonds is 13. The fourth-order valence-electron chi connectivity index (χ4n) is 1.98. The minimum Gasteiger partial charge on any atom is -0.481 e. The molecule has 12 nitrogen and oxygen atoms in total. The van der Waals surface area contributed by atoms with Gasteiger partial charge in [0, 0.05) is 0 Å². The number of hydrogen-bond acceptors (Lipinski definition) is 7. The van der Waals surface area contributed by atoms with Gasteiger partial charge in [-0.2, -0.15) is 0 Å². The Balaban J connectivity index is 4.97. The van der Waals surface area contributed by atoms with E-state index < -0.39 is 60.6 Å². The lowest BCUT2D eigenvalue weighted by atomic mass is 10.1. The molecule has 10 N–H and O–H groups in total. The van der Waals surface area contributed by atoms with Gasteiger partial charge < -0.3 is 38.0 Å². The highest BCUT2D eigenvalue weighted by molar-refractivity contribution is 5.95. The predicted molar refractivity (Wildman–Crippen MR) is 88.4 cm³/mol. The first kappa shape index (κ1) is 23.3. The molecular formula is C14H25N5O7. The third kappa shape index (κ3) is 9.54. The Morgan fingerprint density at radius 2 is 1.46 bits per heavy atom. The van der Waals surface area contributed by atoms with Gasteiger partial charge in [0.2, 0.25) is 17.7 Å². The van der Waals surface area contributed by atoms with Crippen LogP contribution in [0.5, 0.6) is 0 Å². The number of unbranched alkanes of at least 4 members (excludes halogenated alkanes) is 1. The minimum atomic E-state index is -1.73. The normalized spacial score (nSPS) is 13.9. The molecule has 3 atom stereocenters. The van der Waals surface area contributed by atoms with E-state index in [-0.39, 0.29) is 0 Å². The smallest absolute Gasteiger partial charge is 0.326 e. The molecule has 0 aliphatic carbocycles. The van der Waals surface area contributed by atoms with Crippen LogP contribution in [0.15, 0.2) is 0 Å². The number of carbonyl (C=O) groups is 5. The van der Waals surface area contributed by atoms with Crippen molar-refractivity contribution in [2.45, 2.75) is 50.2 Å². The molecule has 12 heteroatoms. The summed E-state index contributed by atoms with van der Waals surface area (Å²) in [6, 6.07) is -4.17. The van der Waals surface area contributed by atoms with Crippen molar-refractivity contribution in [1.29, 1.82) is 0 Å².